The van der Waals surface area contributed by atoms with Crippen molar-refractivity contribution in [3.8, 4) is 5.75 Å². The van der Waals surface area contributed by atoms with Crippen LogP contribution in [0.2, 0.25) is 0 Å². The van der Waals surface area contributed by atoms with E-state index in [2.05, 4.69) is 15.8 Å². The zero-order chi connectivity index (χ0) is 19.2. The predicted molar refractivity (Wildman–Crippen MR) is 99.2 cm³/mol. The first kappa shape index (κ1) is 19.2. The van der Waals surface area contributed by atoms with Gasteiger partial charge in [0, 0.05) is 11.6 Å². The second-order valence-electron chi connectivity index (χ2n) is 6.16. The number of aromatic nitrogens is 1. The SMILES string of the molecule is Cc1cc(NC(=O)CSCC(=O)NC2CCCOc3ccc(F)cc32)no1. The lowest BCUT2D eigenvalue weighted by Gasteiger charge is -2.18. The number of nitrogens with zero attached hydrogens (tertiary/aromatic N) is 1. The van der Waals surface area contributed by atoms with E-state index < -0.39 is 0 Å². The molecule has 1 aliphatic rings. The highest BCUT2D eigenvalue weighted by Crippen LogP contribution is 2.32. The van der Waals surface area contributed by atoms with Gasteiger partial charge in [-0.05, 0) is 38.0 Å². The van der Waals surface area contributed by atoms with Crippen molar-refractivity contribution >= 4 is 29.4 Å². The molecule has 0 radical (unpaired) electrons. The first-order valence-corrected chi connectivity index (χ1v) is 9.69. The number of amides is 2. The van der Waals surface area contributed by atoms with E-state index in [9.17, 15) is 14.0 Å². The normalized spacial score (nSPS) is 16.0. The maximum Gasteiger partial charge on any atom is 0.235 e. The summed E-state index contributed by atoms with van der Waals surface area (Å²) < 4.78 is 24.0. The Morgan fingerprint density at radius 3 is 2.89 bits per heavy atom. The fourth-order valence-corrected chi connectivity index (χ4v) is 3.40. The van der Waals surface area contributed by atoms with E-state index in [1.54, 1.807) is 19.1 Å². The number of fused-ring (bicyclic) bond motifs is 1. The summed E-state index contributed by atoms with van der Waals surface area (Å²) in [5.41, 5.74) is 0.644. The Hall–Kier alpha value is -2.55. The maximum absolute atomic E-state index is 13.6. The van der Waals surface area contributed by atoms with Gasteiger partial charge in [0.05, 0.1) is 24.2 Å². The third-order valence-corrected chi connectivity index (χ3v) is 4.87. The third-order valence-electron chi connectivity index (χ3n) is 3.94. The lowest BCUT2D eigenvalue weighted by molar-refractivity contribution is -0.119. The van der Waals surface area contributed by atoms with Crippen molar-refractivity contribution in [2.45, 2.75) is 25.8 Å². The minimum absolute atomic E-state index is 0.109. The van der Waals surface area contributed by atoms with Crippen LogP contribution in [0.1, 0.15) is 30.2 Å². The molecule has 0 aliphatic carbocycles. The van der Waals surface area contributed by atoms with Crippen LogP contribution in [0.25, 0.3) is 0 Å². The van der Waals surface area contributed by atoms with E-state index in [1.807, 2.05) is 0 Å². The number of benzene rings is 1. The van der Waals surface area contributed by atoms with Crippen molar-refractivity contribution in [2.24, 2.45) is 0 Å². The summed E-state index contributed by atoms with van der Waals surface area (Å²) in [5.74, 6) is 0.914. The van der Waals surface area contributed by atoms with Gasteiger partial charge in [0.25, 0.3) is 0 Å². The van der Waals surface area contributed by atoms with Gasteiger partial charge in [-0.15, -0.1) is 11.8 Å². The van der Waals surface area contributed by atoms with E-state index in [0.29, 0.717) is 35.9 Å². The van der Waals surface area contributed by atoms with Gasteiger partial charge in [-0.2, -0.15) is 0 Å². The Kier molecular flexibility index (Phi) is 6.33. The number of rotatable bonds is 6. The van der Waals surface area contributed by atoms with Gasteiger partial charge in [0.15, 0.2) is 5.82 Å². The Bertz CT molecular complexity index is 827. The Labute approximate surface area is 160 Å². The van der Waals surface area contributed by atoms with Crippen molar-refractivity contribution in [1.82, 2.24) is 10.5 Å². The van der Waals surface area contributed by atoms with Crippen LogP contribution in [0.5, 0.6) is 5.75 Å². The number of halogens is 1. The number of aryl methyl sites for hydroxylation is 1. The molecule has 9 heteroatoms. The largest absolute Gasteiger partial charge is 0.493 e. The molecular formula is C18H20FN3O4S. The zero-order valence-electron chi connectivity index (χ0n) is 14.8. The number of thioether (sulfide) groups is 1. The molecule has 1 aliphatic heterocycles. The van der Waals surface area contributed by atoms with Crippen molar-refractivity contribution < 1.29 is 23.2 Å². The Morgan fingerprint density at radius 2 is 2.11 bits per heavy atom. The second-order valence-corrected chi connectivity index (χ2v) is 7.14. The molecule has 3 rings (SSSR count). The van der Waals surface area contributed by atoms with Gasteiger partial charge in [0.2, 0.25) is 11.8 Å². The highest BCUT2D eigenvalue weighted by atomic mass is 32.2. The minimum Gasteiger partial charge on any atom is -0.493 e. The fraction of sp³-hybridized carbons (Fsp3) is 0.389. The number of hydrogen-bond acceptors (Lipinski definition) is 6. The number of ether oxygens (including phenoxy) is 1. The molecule has 0 spiro atoms. The van der Waals surface area contributed by atoms with E-state index in [1.165, 1.54) is 23.9 Å². The summed E-state index contributed by atoms with van der Waals surface area (Å²) in [6.07, 6.45) is 1.42. The molecule has 2 heterocycles. The van der Waals surface area contributed by atoms with Gasteiger partial charge in [0.1, 0.15) is 17.3 Å². The molecule has 1 aromatic carbocycles. The van der Waals surface area contributed by atoms with E-state index in [-0.39, 0.29) is 35.2 Å². The number of carbonyl (C=O) groups is 2. The van der Waals surface area contributed by atoms with E-state index >= 15 is 0 Å². The number of hydrogen-bond donors (Lipinski definition) is 2. The number of carbonyl (C=O) groups excluding carboxylic acids is 2. The van der Waals surface area contributed by atoms with Gasteiger partial charge < -0.3 is 19.9 Å². The lowest BCUT2D eigenvalue weighted by atomic mass is 10.0. The molecule has 1 aromatic heterocycles. The van der Waals surface area contributed by atoms with E-state index in [0.717, 1.165) is 6.42 Å². The summed E-state index contributed by atoms with van der Waals surface area (Å²) in [6, 6.07) is 5.62. The summed E-state index contributed by atoms with van der Waals surface area (Å²) in [5, 5.41) is 9.17. The van der Waals surface area contributed by atoms with Crippen LogP contribution in [0, 0.1) is 12.7 Å². The summed E-state index contributed by atoms with van der Waals surface area (Å²) in [6.45, 7) is 2.26. The molecule has 27 heavy (non-hydrogen) atoms. The van der Waals surface area contributed by atoms with Crippen molar-refractivity contribution in [3.05, 3.63) is 41.4 Å². The lowest BCUT2D eigenvalue weighted by Crippen LogP contribution is -2.30. The quantitative estimate of drug-likeness (QED) is 0.784. The predicted octanol–water partition coefficient (Wildman–Crippen LogP) is 2.82. The average Bonchev–Trinajstić information content (AvgIpc) is 2.92. The molecule has 1 unspecified atom stereocenters. The Balaban J connectivity index is 1.48. The topological polar surface area (TPSA) is 93.5 Å². The Morgan fingerprint density at radius 1 is 1.30 bits per heavy atom. The molecule has 144 valence electrons. The van der Waals surface area contributed by atoms with Gasteiger partial charge in [-0.3, -0.25) is 9.59 Å². The standard InChI is InChI=1S/C18H20FN3O4S/c1-11-7-16(22-26-11)21-18(24)10-27-9-17(23)20-14-3-2-6-25-15-5-4-12(19)8-13(14)15/h4-5,7-8,14H,2-3,6,9-10H2,1H3,(H,20,23)(H,21,22,24). The highest BCUT2D eigenvalue weighted by molar-refractivity contribution is 8.00. The molecule has 2 N–H and O–H groups in total. The van der Waals surface area contributed by atoms with Gasteiger partial charge in [-0.1, -0.05) is 5.16 Å². The molecule has 2 aromatic rings. The van der Waals surface area contributed by atoms with Gasteiger partial charge >= 0.3 is 0 Å². The summed E-state index contributed by atoms with van der Waals surface area (Å²) in [7, 11) is 0. The second kappa shape index (κ2) is 8.90. The number of anilines is 1. The summed E-state index contributed by atoms with van der Waals surface area (Å²) >= 11 is 1.19. The fourth-order valence-electron chi connectivity index (χ4n) is 2.77. The monoisotopic (exact) mass is 393 g/mol. The zero-order valence-corrected chi connectivity index (χ0v) is 15.6. The van der Waals surface area contributed by atoms with Crippen molar-refractivity contribution in [3.63, 3.8) is 0 Å². The molecule has 0 saturated carbocycles. The first-order valence-electron chi connectivity index (χ1n) is 8.54. The molecule has 1 atom stereocenters. The third kappa shape index (κ3) is 5.46. The van der Waals surface area contributed by atoms with Crippen LogP contribution in [0.3, 0.4) is 0 Å². The van der Waals surface area contributed by atoms with Crippen molar-refractivity contribution in [2.75, 3.05) is 23.4 Å². The molecule has 7 nitrogen and oxygen atoms in total. The molecule has 0 saturated heterocycles. The van der Waals surface area contributed by atoms with Crippen LogP contribution >= 0.6 is 11.8 Å². The minimum atomic E-state index is -0.368. The van der Waals surface area contributed by atoms with Crippen LogP contribution < -0.4 is 15.4 Å². The molecular weight excluding hydrogens is 373 g/mol. The molecule has 0 bridgehead atoms. The molecule has 0 fully saturated rings. The van der Waals surface area contributed by atoms with E-state index in [4.69, 9.17) is 9.26 Å². The van der Waals surface area contributed by atoms with Crippen molar-refractivity contribution in [1.29, 1.82) is 0 Å². The highest BCUT2D eigenvalue weighted by Gasteiger charge is 2.22. The smallest absolute Gasteiger partial charge is 0.235 e. The van der Waals surface area contributed by atoms with Crippen LogP contribution in [0.15, 0.2) is 28.8 Å². The van der Waals surface area contributed by atoms with Crippen LogP contribution in [-0.2, 0) is 9.59 Å². The maximum atomic E-state index is 13.6. The molecule has 2 amide bonds. The number of nitrogens with one attached hydrogen (secondary N) is 2. The first-order chi connectivity index (χ1) is 13.0. The van der Waals surface area contributed by atoms with Crippen LogP contribution in [0.4, 0.5) is 10.2 Å². The van der Waals surface area contributed by atoms with Gasteiger partial charge in [-0.25, -0.2) is 4.39 Å². The van der Waals surface area contributed by atoms with Crippen LogP contribution in [-0.4, -0.2) is 35.1 Å². The summed E-state index contributed by atoms with van der Waals surface area (Å²) in [4.78, 5) is 24.1. The average molecular weight is 393 g/mol.